The molecule has 0 amide bonds. The summed E-state index contributed by atoms with van der Waals surface area (Å²) in [5.41, 5.74) is 2.06. The van der Waals surface area contributed by atoms with Gasteiger partial charge in [0.05, 0.1) is 23.3 Å². The number of aromatic nitrogens is 3. The Labute approximate surface area is 202 Å². The topological polar surface area (TPSA) is 87.5 Å². The molecule has 1 unspecified atom stereocenters. The van der Waals surface area contributed by atoms with E-state index in [0.717, 1.165) is 42.1 Å². The number of esters is 1. The van der Waals surface area contributed by atoms with Gasteiger partial charge in [-0.3, -0.25) is 0 Å². The third kappa shape index (κ3) is 5.03. The summed E-state index contributed by atoms with van der Waals surface area (Å²) < 4.78 is 20.3. The van der Waals surface area contributed by atoms with Gasteiger partial charge in [0.2, 0.25) is 5.95 Å². The SMILES string of the molecule is CCCOc1c(Br)cc(C2C(C(=O)OC3CCCCC3)=C(C)Nc3ncnn32)cc1OCC. The van der Waals surface area contributed by atoms with E-state index in [0.29, 0.717) is 41.9 Å². The Morgan fingerprint density at radius 3 is 2.73 bits per heavy atom. The second-order valence-corrected chi connectivity index (χ2v) is 9.23. The summed E-state index contributed by atoms with van der Waals surface area (Å²) in [6.45, 7) is 6.93. The molecule has 1 fully saturated rings. The Kier molecular flexibility index (Phi) is 7.57. The molecule has 1 atom stereocenters. The minimum Gasteiger partial charge on any atom is -0.490 e. The standard InChI is InChI=1S/C24H31BrN4O4/c1-4-11-32-22-18(25)12-16(13-19(22)31-5-2)21-20(15(3)28-24-26-14-27-29(21)24)23(30)33-17-9-7-6-8-10-17/h12-14,17,21H,4-11H2,1-3H3,(H,26,27,28). The lowest BCUT2D eigenvalue weighted by Crippen LogP contribution is -2.32. The van der Waals surface area contributed by atoms with E-state index in [1.54, 1.807) is 4.68 Å². The van der Waals surface area contributed by atoms with Gasteiger partial charge < -0.3 is 19.5 Å². The van der Waals surface area contributed by atoms with Crippen molar-refractivity contribution < 1.29 is 19.0 Å². The van der Waals surface area contributed by atoms with Crippen molar-refractivity contribution in [3.05, 3.63) is 39.8 Å². The van der Waals surface area contributed by atoms with E-state index < -0.39 is 6.04 Å². The second-order valence-electron chi connectivity index (χ2n) is 8.37. The van der Waals surface area contributed by atoms with Gasteiger partial charge in [-0.15, -0.1) is 0 Å². The first kappa shape index (κ1) is 23.6. The number of rotatable bonds is 8. The predicted octanol–water partition coefficient (Wildman–Crippen LogP) is 5.39. The van der Waals surface area contributed by atoms with Crippen molar-refractivity contribution in [1.82, 2.24) is 14.8 Å². The molecule has 2 aliphatic rings. The Morgan fingerprint density at radius 1 is 1.21 bits per heavy atom. The zero-order chi connectivity index (χ0) is 23.4. The lowest BCUT2D eigenvalue weighted by atomic mass is 9.94. The van der Waals surface area contributed by atoms with Crippen molar-refractivity contribution in [3.8, 4) is 11.5 Å². The van der Waals surface area contributed by atoms with Crippen molar-refractivity contribution in [2.24, 2.45) is 0 Å². The number of hydrogen-bond acceptors (Lipinski definition) is 7. The van der Waals surface area contributed by atoms with Crippen molar-refractivity contribution in [1.29, 1.82) is 0 Å². The highest BCUT2D eigenvalue weighted by molar-refractivity contribution is 9.10. The van der Waals surface area contributed by atoms with Gasteiger partial charge in [0.15, 0.2) is 11.5 Å². The van der Waals surface area contributed by atoms with Gasteiger partial charge >= 0.3 is 5.97 Å². The lowest BCUT2D eigenvalue weighted by Gasteiger charge is -2.30. The Balaban J connectivity index is 1.75. The monoisotopic (exact) mass is 518 g/mol. The number of nitrogens with zero attached hydrogens (tertiary/aromatic N) is 3. The van der Waals surface area contributed by atoms with Crippen molar-refractivity contribution in [2.45, 2.75) is 71.4 Å². The number of carbonyl (C=O) groups is 1. The molecule has 4 rings (SSSR count). The molecule has 0 bridgehead atoms. The molecule has 9 heteroatoms. The summed E-state index contributed by atoms with van der Waals surface area (Å²) in [7, 11) is 0. The third-order valence-corrected chi connectivity index (χ3v) is 6.53. The van der Waals surface area contributed by atoms with E-state index in [2.05, 4.69) is 38.3 Å². The fraction of sp³-hybridized carbons (Fsp3) is 0.542. The Bertz CT molecular complexity index is 1030. The van der Waals surface area contributed by atoms with Crippen LogP contribution < -0.4 is 14.8 Å². The maximum Gasteiger partial charge on any atom is 0.338 e. The highest BCUT2D eigenvalue weighted by atomic mass is 79.9. The normalized spacial score (nSPS) is 18.5. The van der Waals surface area contributed by atoms with E-state index in [-0.39, 0.29) is 12.1 Å². The Hall–Kier alpha value is -2.55. The number of hydrogen-bond donors (Lipinski definition) is 1. The first-order valence-electron chi connectivity index (χ1n) is 11.7. The molecule has 8 nitrogen and oxygen atoms in total. The van der Waals surface area contributed by atoms with Gasteiger partial charge in [-0.2, -0.15) is 10.1 Å². The minimum atomic E-state index is -0.504. The first-order chi connectivity index (χ1) is 16.0. The van der Waals surface area contributed by atoms with Crippen LogP contribution >= 0.6 is 15.9 Å². The molecule has 2 aromatic rings. The van der Waals surface area contributed by atoms with Crippen LogP contribution in [0.2, 0.25) is 0 Å². The molecule has 1 aliphatic carbocycles. The van der Waals surface area contributed by atoms with Gasteiger partial charge in [-0.25, -0.2) is 9.48 Å². The fourth-order valence-electron chi connectivity index (χ4n) is 4.41. The summed E-state index contributed by atoms with van der Waals surface area (Å²) in [4.78, 5) is 17.8. The number of allylic oxidation sites excluding steroid dienone is 1. The maximum atomic E-state index is 13.4. The van der Waals surface area contributed by atoms with E-state index in [4.69, 9.17) is 14.2 Å². The van der Waals surface area contributed by atoms with Crippen molar-refractivity contribution >= 4 is 27.8 Å². The van der Waals surface area contributed by atoms with Crippen LogP contribution in [0.3, 0.4) is 0 Å². The second kappa shape index (κ2) is 10.6. The molecule has 0 saturated heterocycles. The highest BCUT2D eigenvalue weighted by Crippen LogP contribution is 2.43. The summed E-state index contributed by atoms with van der Waals surface area (Å²) in [5.74, 6) is 1.53. The molecule has 2 heterocycles. The van der Waals surface area contributed by atoms with Crippen LogP contribution in [-0.2, 0) is 9.53 Å². The summed E-state index contributed by atoms with van der Waals surface area (Å²) >= 11 is 3.65. The number of benzene rings is 1. The minimum absolute atomic E-state index is 0.0418. The molecule has 1 N–H and O–H groups in total. The number of ether oxygens (including phenoxy) is 3. The van der Waals surface area contributed by atoms with Crippen LogP contribution in [0.1, 0.15) is 70.9 Å². The predicted molar refractivity (Wildman–Crippen MR) is 129 cm³/mol. The van der Waals surface area contributed by atoms with Crippen LogP contribution in [-0.4, -0.2) is 40.1 Å². The van der Waals surface area contributed by atoms with Crippen molar-refractivity contribution in [3.63, 3.8) is 0 Å². The first-order valence-corrected chi connectivity index (χ1v) is 12.5. The maximum absolute atomic E-state index is 13.4. The van der Waals surface area contributed by atoms with Gasteiger partial charge in [0, 0.05) is 5.70 Å². The number of carbonyl (C=O) groups excluding carboxylic acids is 1. The zero-order valence-corrected chi connectivity index (χ0v) is 21.0. The van der Waals surface area contributed by atoms with E-state index >= 15 is 0 Å². The smallest absolute Gasteiger partial charge is 0.338 e. The summed E-state index contributed by atoms with van der Waals surface area (Å²) in [5, 5.41) is 7.62. The number of anilines is 1. The Morgan fingerprint density at radius 2 is 2.00 bits per heavy atom. The molecule has 0 spiro atoms. The summed E-state index contributed by atoms with van der Waals surface area (Å²) in [6.07, 6.45) is 7.53. The molecule has 1 aromatic heterocycles. The molecular formula is C24H31BrN4O4. The molecule has 1 aromatic carbocycles. The molecule has 178 valence electrons. The molecular weight excluding hydrogens is 488 g/mol. The highest BCUT2D eigenvalue weighted by Gasteiger charge is 2.36. The number of fused-ring (bicyclic) bond motifs is 1. The fourth-order valence-corrected chi connectivity index (χ4v) is 4.99. The number of halogens is 1. The van der Waals surface area contributed by atoms with Crippen molar-refractivity contribution in [2.75, 3.05) is 18.5 Å². The van der Waals surface area contributed by atoms with Crippen LogP contribution in [0.25, 0.3) is 0 Å². The van der Waals surface area contributed by atoms with Crippen LogP contribution in [0.15, 0.2) is 34.2 Å². The third-order valence-electron chi connectivity index (χ3n) is 5.94. The molecule has 1 aliphatic heterocycles. The van der Waals surface area contributed by atoms with Crippen LogP contribution in [0, 0.1) is 0 Å². The average molecular weight is 519 g/mol. The quantitative estimate of drug-likeness (QED) is 0.468. The van der Waals surface area contributed by atoms with Gasteiger partial charge in [0.1, 0.15) is 18.5 Å². The largest absolute Gasteiger partial charge is 0.490 e. The van der Waals surface area contributed by atoms with Gasteiger partial charge in [-0.1, -0.05) is 13.3 Å². The van der Waals surface area contributed by atoms with Crippen LogP contribution in [0.4, 0.5) is 5.95 Å². The molecule has 1 saturated carbocycles. The average Bonchev–Trinajstić information content (AvgIpc) is 3.26. The van der Waals surface area contributed by atoms with Gasteiger partial charge in [0.25, 0.3) is 0 Å². The van der Waals surface area contributed by atoms with Crippen LogP contribution in [0.5, 0.6) is 11.5 Å². The molecule has 33 heavy (non-hydrogen) atoms. The van der Waals surface area contributed by atoms with E-state index in [1.807, 2.05) is 26.0 Å². The van der Waals surface area contributed by atoms with E-state index in [9.17, 15) is 4.79 Å². The summed E-state index contributed by atoms with van der Waals surface area (Å²) in [6, 6.07) is 3.37. The van der Waals surface area contributed by atoms with Gasteiger partial charge in [-0.05, 0) is 79.6 Å². The lowest BCUT2D eigenvalue weighted by molar-refractivity contribution is -0.146. The molecule has 0 radical (unpaired) electrons. The zero-order valence-electron chi connectivity index (χ0n) is 19.4. The number of nitrogens with one attached hydrogen (secondary N) is 1. The van der Waals surface area contributed by atoms with E-state index in [1.165, 1.54) is 12.7 Å².